The minimum atomic E-state index is -4.52. The third-order valence-corrected chi connectivity index (χ3v) is 3.22. The summed E-state index contributed by atoms with van der Waals surface area (Å²) >= 11 is 0. The number of hydrogen-bond acceptors (Lipinski definition) is 5. The number of rotatable bonds is 5. The van der Waals surface area contributed by atoms with E-state index in [2.05, 4.69) is 20.4 Å². The van der Waals surface area contributed by atoms with Crippen molar-refractivity contribution in [2.24, 2.45) is 7.05 Å². The lowest BCUT2D eigenvalue weighted by Crippen LogP contribution is -2.17. The average Bonchev–Trinajstić information content (AvgIpc) is 2.84. The van der Waals surface area contributed by atoms with Gasteiger partial charge in [0.05, 0.1) is 5.69 Å². The van der Waals surface area contributed by atoms with E-state index in [-0.39, 0.29) is 11.8 Å². The molecule has 6 nitrogen and oxygen atoms in total. The first-order chi connectivity index (χ1) is 10.7. The Morgan fingerprint density at radius 1 is 1.26 bits per heavy atom. The minimum absolute atomic E-state index is 0.0607. The smallest absolute Gasteiger partial charge is 0.363 e. The summed E-state index contributed by atoms with van der Waals surface area (Å²) in [6.45, 7) is 2.28. The standard InChI is InChI=1S/C14H19F3N6/c1-5-10-9(8-23(4)21-10)7-18-13-19-11(14(15,16)17)6-12(20-13)22(2)3/h6,8H,5,7H2,1-4H3,(H,18,19,20). The zero-order valence-corrected chi connectivity index (χ0v) is 13.4. The molecule has 0 aliphatic heterocycles. The molecule has 0 saturated heterocycles. The van der Waals surface area contributed by atoms with Gasteiger partial charge in [0, 0.05) is 45.5 Å². The van der Waals surface area contributed by atoms with Gasteiger partial charge in [-0.3, -0.25) is 4.68 Å². The molecule has 2 rings (SSSR count). The van der Waals surface area contributed by atoms with E-state index in [0.29, 0.717) is 6.54 Å². The van der Waals surface area contributed by atoms with Crippen molar-refractivity contribution in [1.29, 1.82) is 0 Å². The molecule has 0 aromatic carbocycles. The van der Waals surface area contributed by atoms with E-state index in [9.17, 15) is 13.2 Å². The molecule has 0 radical (unpaired) electrons. The van der Waals surface area contributed by atoms with Gasteiger partial charge in [-0.25, -0.2) is 4.98 Å². The molecule has 126 valence electrons. The average molecular weight is 328 g/mol. The van der Waals surface area contributed by atoms with Gasteiger partial charge in [0.15, 0.2) is 5.69 Å². The number of nitrogens with zero attached hydrogens (tertiary/aromatic N) is 5. The Kier molecular flexibility index (Phi) is 4.76. The second kappa shape index (κ2) is 6.43. The minimum Gasteiger partial charge on any atom is -0.363 e. The van der Waals surface area contributed by atoms with Crippen LogP contribution in [0.1, 0.15) is 23.9 Å². The Labute approximate surface area is 132 Å². The molecular weight excluding hydrogens is 309 g/mol. The predicted octanol–water partition coefficient (Wildman–Crippen LogP) is 2.47. The number of halogens is 3. The van der Waals surface area contributed by atoms with E-state index >= 15 is 0 Å². The van der Waals surface area contributed by atoms with Crippen molar-refractivity contribution < 1.29 is 13.2 Å². The van der Waals surface area contributed by atoms with Crippen molar-refractivity contribution in [1.82, 2.24) is 19.7 Å². The quantitative estimate of drug-likeness (QED) is 0.914. The van der Waals surface area contributed by atoms with E-state index in [1.54, 1.807) is 25.8 Å². The van der Waals surface area contributed by atoms with Gasteiger partial charge >= 0.3 is 6.18 Å². The number of alkyl halides is 3. The lowest BCUT2D eigenvalue weighted by molar-refractivity contribution is -0.141. The van der Waals surface area contributed by atoms with E-state index in [1.807, 2.05) is 13.1 Å². The highest BCUT2D eigenvalue weighted by Crippen LogP contribution is 2.30. The Morgan fingerprint density at radius 3 is 2.52 bits per heavy atom. The molecule has 1 N–H and O–H groups in total. The van der Waals surface area contributed by atoms with Crippen LogP contribution in [0.5, 0.6) is 0 Å². The summed E-state index contributed by atoms with van der Waals surface area (Å²) in [6.07, 6.45) is -1.95. The van der Waals surface area contributed by atoms with E-state index < -0.39 is 11.9 Å². The molecule has 0 aliphatic rings. The van der Waals surface area contributed by atoms with Gasteiger partial charge in [-0.15, -0.1) is 0 Å². The molecular formula is C14H19F3N6. The fraction of sp³-hybridized carbons (Fsp3) is 0.500. The first-order valence-corrected chi connectivity index (χ1v) is 7.09. The maximum absolute atomic E-state index is 12.9. The number of nitrogens with one attached hydrogen (secondary N) is 1. The van der Waals surface area contributed by atoms with Crippen LogP contribution < -0.4 is 10.2 Å². The van der Waals surface area contributed by atoms with Crippen molar-refractivity contribution in [3.63, 3.8) is 0 Å². The summed E-state index contributed by atoms with van der Waals surface area (Å²) in [4.78, 5) is 9.17. The summed E-state index contributed by atoms with van der Waals surface area (Å²) < 4.78 is 40.5. The van der Waals surface area contributed by atoms with Crippen LogP contribution in [-0.4, -0.2) is 33.8 Å². The fourth-order valence-corrected chi connectivity index (χ4v) is 2.09. The Hall–Kier alpha value is -2.32. The summed E-state index contributed by atoms with van der Waals surface area (Å²) in [7, 11) is 5.05. The van der Waals surface area contributed by atoms with Crippen LogP contribution >= 0.6 is 0 Å². The lowest BCUT2D eigenvalue weighted by Gasteiger charge is -2.15. The van der Waals surface area contributed by atoms with Crippen LogP contribution in [0.25, 0.3) is 0 Å². The predicted molar refractivity (Wildman–Crippen MR) is 81.3 cm³/mol. The second-order valence-corrected chi connectivity index (χ2v) is 5.31. The maximum Gasteiger partial charge on any atom is 0.433 e. The van der Waals surface area contributed by atoms with Crippen LogP contribution in [0.2, 0.25) is 0 Å². The monoisotopic (exact) mass is 328 g/mol. The molecule has 23 heavy (non-hydrogen) atoms. The largest absolute Gasteiger partial charge is 0.433 e. The Balaban J connectivity index is 2.26. The normalized spacial score (nSPS) is 11.6. The van der Waals surface area contributed by atoms with Crippen molar-refractivity contribution in [2.75, 3.05) is 24.3 Å². The van der Waals surface area contributed by atoms with E-state index in [4.69, 9.17) is 0 Å². The van der Waals surface area contributed by atoms with Gasteiger partial charge in [-0.1, -0.05) is 6.92 Å². The van der Waals surface area contributed by atoms with E-state index in [0.717, 1.165) is 23.7 Å². The summed E-state index contributed by atoms with van der Waals surface area (Å²) in [5.74, 6) is 0.131. The highest BCUT2D eigenvalue weighted by Gasteiger charge is 2.34. The van der Waals surface area contributed by atoms with Crippen LogP contribution in [-0.2, 0) is 26.2 Å². The molecule has 2 aromatic rings. The third kappa shape index (κ3) is 4.11. The molecule has 9 heteroatoms. The Bertz CT molecular complexity index is 678. The third-order valence-electron chi connectivity index (χ3n) is 3.22. The van der Waals surface area contributed by atoms with Gasteiger partial charge in [-0.2, -0.15) is 23.3 Å². The summed E-state index contributed by atoms with van der Waals surface area (Å²) in [5, 5.41) is 7.15. The zero-order chi connectivity index (χ0) is 17.2. The first kappa shape index (κ1) is 17.0. The van der Waals surface area contributed by atoms with Crippen molar-refractivity contribution in [3.8, 4) is 0 Å². The van der Waals surface area contributed by atoms with Crippen LogP contribution in [0.4, 0.5) is 24.9 Å². The van der Waals surface area contributed by atoms with Crippen LogP contribution in [0.3, 0.4) is 0 Å². The fourth-order valence-electron chi connectivity index (χ4n) is 2.09. The lowest BCUT2D eigenvalue weighted by atomic mass is 10.2. The highest BCUT2D eigenvalue weighted by atomic mass is 19.4. The first-order valence-electron chi connectivity index (χ1n) is 7.09. The van der Waals surface area contributed by atoms with E-state index in [1.165, 1.54) is 4.90 Å². The van der Waals surface area contributed by atoms with Crippen molar-refractivity contribution in [3.05, 3.63) is 29.2 Å². The van der Waals surface area contributed by atoms with Crippen molar-refractivity contribution >= 4 is 11.8 Å². The molecule has 0 fully saturated rings. The summed E-state index contributed by atoms with van der Waals surface area (Å²) in [5.41, 5.74) is 0.822. The molecule has 2 aromatic heterocycles. The molecule has 2 heterocycles. The van der Waals surface area contributed by atoms with Crippen LogP contribution in [0, 0.1) is 0 Å². The molecule has 0 unspecified atom stereocenters. The molecule has 0 aliphatic carbocycles. The topological polar surface area (TPSA) is 58.9 Å². The molecule has 0 spiro atoms. The van der Waals surface area contributed by atoms with Crippen molar-refractivity contribution in [2.45, 2.75) is 26.1 Å². The second-order valence-electron chi connectivity index (χ2n) is 5.31. The van der Waals surface area contributed by atoms with Gasteiger partial charge in [0.1, 0.15) is 5.82 Å². The summed E-state index contributed by atoms with van der Waals surface area (Å²) in [6, 6.07) is 0.923. The zero-order valence-electron chi connectivity index (χ0n) is 13.4. The number of hydrogen-bond donors (Lipinski definition) is 1. The molecule has 0 bridgehead atoms. The SMILES string of the molecule is CCc1nn(C)cc1CNc1nc(N(C)C)cc(C(F)(F)F)n1. The highest BCUT2D eigenvalue weighted by molar-refractivity contribution is 5.44. The number of aromatic nitrogens is 4. The van der Waals surface area contributed by atoms with Gasteiger partial charge in [0.25, 0.3) is 0 Å². The van der Waals surface area contributed by atoms with Gasteiger partial charge in [-0.05, 0) is 6.42 Å². The molecule has 0 amide bonds. The van der Waals surface area contributed by atoms with Gasteiger partial charge < -0.3 is 10.2 Å². The maximum atomic E-state index is 12.9. The number of aryl methyl sites for hydroxylation is 2. The van der Waals surface area contributed by atoms with Crippen LogP contribution in [0.15, 0.2) is 12.3 Å². The molecule has 0 atom stereocenters. The molecule has 0 saturated carbocycles. The van der Waals surface area contributed by atoms with Gasteiger partial charge in [0.2, 0.25) is 5.95 Å². The Morgan fingerprint density at radius 2 is 1.96 bits per heavy atom. The number of anilines is 2.